The van der Waals surface area contributed by atoms with E-state index in [1.165, 1.54) is 5.56 Å². The average molecular weight is 287 g/mol. The molecule has 1 aliphatic carbocycles. The first-order valence-electron chi connectivity index (χ1n) is 6.97. The molecule has 0 bridgehead atoms. The molecule has 0 amide bonds. The molecule has 0 unspecified atom stereocenters. The van der Waals surface area contributed by atoms with Crippen molar-refractivity contribution in [2.45, 2.75) is 32.4 Å². The summed E-state index contributed by atoms with van der Waals surface area (Å²) in [5.74, 6) is 0.0926. The standard InChI is InChI=1S/C15H17N3O3/c1-10-2-4-11(5-3-10)15-17-16-13(21-15)8-18(9-14(19)20)12-6-7-12/h2-5,12H,6-9H2,1H3,(H,19,20). The molecule has 1 aromatic heterocycles. The molecule has 3 rings (SSSR count). The van der Waals surface area contributed by atoms with Gasteiger partial charge < -0.3 is 9.52 Å². The van der Waals surface area contributed by atoms with Crippen molar-refractivity contribution in [3.63, 3.8) is 0 Å². The van der Waals surface area contributed by atoms with E-state index in [0.717, 1.165) is 18.4 Å². The Morgan fingerprint density at radius 3 is 2.67 bits per heavy atom. The van der Waals surface area contributed by atoms with Gasteiger partial charge in [0, 0.05) is 11.6 Å². The van der Waals surface area contributed by atoms with Gasteiger partial charge in [-0.05, 0) is 31.9 Å². The Bertz CT molecular complexity index is 632. The minimum Gasteiger partial charge on any atom is -0.480 e. The number of carboxylic acids is 1. The van der Waals surface area contributed by atoms with Crippen LogP contribution in [0.2, 0.25) is 0 Å². The molecule has 1 aliphatic rings. The maximum absolute atomic E-state index is 10.9. The lowest BCUT2D eigenvalue weighted by molar-refractivity contribution is -0.138. The Labute approximate surface area is 122 Å². The molecular weight excluding hydrogens is 270 g/mol. The van der Waals surface area contributed by atoms with E-state index in [1.807, 2.05) is 36.1 Å². The van der Waals surface area contributed by atoms with Gasteiger partial charge in [-0.25, -0.2) is 0 Å². The predicted octanol–water partition coefficient (Wildman–Crippen LogP) is 2.09. The van der Waals surface area contributed by atoms with Crippen molar-refractivity contribution < 1.29 is 14.3 Å². The van der Waals surface area contributed by atoms with Gasteiger partial charge >= 0.3 is 5.97 Å². The van der Waals surface area contributed by atoms with Gasteiger partial charge in [0.2, 0.25) is 11.8 Å². The molecule has 0 aliphatic heterocycles. The van der Waals surface area contributed by atoms with E-state index < -0.39 is 5.97 Å². The van der Waals surface area contributed by atoms with Crippen molar-refractivity contribution in [1.82, 2.24) is 15.1 Å². The lowest BCUT2D eigenvalue weighted by Gasteiger charge is -2.16. The third-order valence-corrected chi connectivity index (χ3v) is 3.51. The van der Waals surface area contributed by atoms with E-state index in [9.17, 15) is 4.79 Å². The van der Waals surface area contributed by atoms with Crippen molar-refractivity contribution in [2.24, 2.45) is 0 Å². The molecule has 0 radical (unpaired) electrons. The number of carboxylic acid groups (broad SMARTS) is 1. The van der Waals surface area contributed by atoms with E-state index >= 15 is 0 Å². The zero-order valence-corrected chi connectivity index (χ0v) is 11.8. The van der Waals surface area contributed by atoms with Crippen LogP contribution in [0.5, 0.6) is 0 Å². The maximum atomic E-state index is 10.9. The summed E-state index contributed by atoms with van der Waals surface area (Å²) in [6.45, 7) is 2.41. The predicted molar refractivity (Wildman–Crippen MR) is 75.5 cm³/mol. The van der Waals surface area contributed by atoms with Crippen LogP contribution >= 0.6 is 0 Å². The summed E-state index contributed by atoms with van der Waals surface area (Å²) < 4.78 is 5.64. The van der Waals surface area contributed by atoms with E-state index in [-0.39, 0.29) is 6.54 Å². The minimum absolute atomic E-state index is 0.00686. The molecule has 1 saturated carbocycles. The molecule has 110 valence electrons. The highest BCUT2D eigenvalue weighted by Gasteiger charge is 2.31. The van der Waals surface area contributed by atoms with Gasteiger partial charge in [-0.15, -0.1) is 10.2 Å². The fraction of sp³-hybridized carbons (Fsp3) is 0.400. The Kier molecular flexibility index (Phi) is 3.70. The topological polar surface area (TPSA) is 79.5 Å². The lowest BCUT2D eigenvalue weighted by atomic mass is 10.1. The Morgan fingerprint density at radius 2 is 2.05 bits per heavy atom. The summed E-state index contributed by atoms with van der Waals surface area (Å²) in [6, 6.07) is 8.17. The molecule has 1 heterocycles. The first kappa shape index (κ1) is 13.8. The van der Waals surface area contributed by atoms with E-state index in [2.05, 4.69) is 10.2 Å². The summed E-state index contributed by atoms with van der Waals surface area (Å²) in [5.41, 5.74) is 2.04. The third-order valence-electron chi connectivity index (χ3n) is 3.51. The van der Waals surface area contributed by atoms with Gasteiger partial charge in [0.15, 0.2) is 0 Å². The molecule has 6 heteroatoms. The van der Waals surface area contributed by atoms with Crippen LogP contribution in [0.1, 0.15) is 24.3 Å². The van der Waals surface area contributed by atoms with Crippen LogP contribution in [0.25, 0.3) is 11.5 Å². The van der Waals surface area contributed by atoms with E-state index in [4.69, 9.17) is 9.52 Å². The number of carbonyl (C=O) groups is 1. The van der Waals surface area contributed by atoms with Crippen LogP contribution in [-0.4, -0.2) is 38.8 Å². The SMILES string of the molecule is Cc1ccc(-c2nnc(CN(CC(=O)O)C3CC3)o2)cc1. The molecule has 6 nitrogen and oxygen atoms in total. The summed E-state index contributed by atoms with van der Waals surface area (Å²) >= 11 is 0. The highest BCUT2D eigenvalue weighted by molar-refractivity contribution is 5.69. The van der Waals surface area contributed by atoms with Gasteiger partial charge in [0.05, 0.1) is 13.1 Å². The van der Waals surface area contributed by atoms with Crippen molar-refractivity contribution in [3.8, 4) is 11.5 Å². The summed E-state index contributed by atoms with van der Waals surface area (Å²) in [6.07, 6.45) is 2.07. The largest absolute Gasteiger partial charge is 0.480 e. The first-order valence-corrected chi connectivity index (χ1v) is 6.97. The molecular formula is C15H17N3O3. The number of nitrogens with zero attached hydrogens (tertiary/aromatic N) is 3. The van der Waals surface area contributed by atoms with Crippen molar-refractivity contribution in [3.05, 3.63) is 35.7 Å². The quantitative estimate of drug-likeness (QED) is 0.876. The van der Waals surface area contributed by atoms with Gasteiger partial charge in [-0.2, -0.15) is 0 Å². The van der Waals surface area contributed by atoms with Crippen molar-refractivity contribution in [1.29, 1.82) is 0 Å². The summed E-state index contributed by atoms with van der Waals surface area (Å²) in [5, 5.41) is 17.0. The van der Waals surface area contributed by atoms with Crippen LogP contribution in [-0.2, 0) is 11.3 Å². The van der Waals surface area contributed by atoms with Gasteiger partial charge in [-0.3, -0.25) is 9.69 Å². The number of aromatic nitrogens is 2. The van der Waals surface area contributed by atoms with E-state index in [1.54, 1.807) is 0 Å². The number of aliphatic carboxylic acids is 1. The fourth-order valence-corrected chi connectivity index (χ4v) is 2.23. The monoisotopic (exact) mass is 287 g/mol. The summed E-state index contributed by atoms with van der Waals surface area (Å²) in [7, 11) is 0. The molecule has 0 saturated heterocycles. The zero-order chi connectivity index (χ0) is 14.8. The Balaban J connectivity index is 1.72. The molecule has 1 aromatic carbocycles. The molecule has 1 N–H and O–H groups in total. The Morgan fingerprint density at radius 1 is 1.33 bits per heavy atom. The van der Waals surface area contributed by atoms with Crippen LogP contribution < -0.4 is 0 Å². The molecule has 1 fully saturated rings. The zero-order valence-electron chi connectivity index (χ0n) is 11.8. The number of benzene rings is 1. The third kappa shape index (κ3) is 3.46. The van der Waals surface area contributed by atoms with Gasteiger partial charge in [0.1, 0.15) is 0 Å². The minimum atomic E-state index is -0.833. The van der Waals surface area contributed by atoms with Crippen LogP contribution in [0.3, 0.4) is 0 Å². The highest BCUT2D eigenvalue weighted by Crippen LogP contribution is 2.28. The second-order valence-electron chi connectivity index (χ2n) is 5.40. The summed E-state index contributed by atoms with van der Waals surface area (Å²) in [4.78, 5) is 12.8. The Hall–Kier alpha value is -2.21. The number of hydrogen-bond acceptors (Lipinski definition) is 5. The molecule has 0 atom stereocenters. The van der Waals surface area contributed by atoms with Crippen molar-refractivity contribution in [2.75, 3.05) is 6.54 Å². The fourth-order valence-electron chi connectivity index (χ4n) is 2.23. The molecule has 0 spiro atoms. The van der Waals surface area contributed by atoms with Crippen molar-refractivity contribution >= 4 is 5.97 Å². The second-order valence-corrected chi connectivity index (χ2v) is 5.40. The van der Waals surface area contributed by atoms with Crippen LogP contribution in [0, 0.1) is 6.92 Å². The number of hydrogen-bond donors (Lipinski definition) is 1. The lowest BCUT2D eigenvalue weighted by Crippen LogP contribution is -2.31. The average Bonchev–Trinajstić information content (AvgIpc) is 3.19. The second kappa shape index (κ2) is 5.65. The molecule has 2 aromatic rings. The van der Waals surface area contributed by atoms with E-state index in [0.29, 0.717) is 24.4 Å². The number of rotatable bonds is 6. The van der Waals surface area contributed by atoms with Gasteiger partial charge in [0.25, 0.3) is 0 Å². The smallest absolute Gasteiger partial charge is 0.317 e. The maximum Gasteiger partial charge on any atom is 0.317 e. The molecule has 21 heavy (non-hydrogen) atoms. The van der Waals surface area contributed by atoms with Crippen LogP contribution in [0.15, 0.2) is 28.7 Å². The highest BCUT2D eigenvalue weighted by atomic mass is 16.4. The van der Waals surface area contributed by atoms with Gasteiger partial charge in [-0.1, -0.05) is 17.7 Å². The number of aryl methyl sites for hydroxylation is 1. The van der Waals surface area contributed by atoms with Crippen LogP contribution in [0.4, 0.5) is 0 Å². The first-order chi connectivity index (χ1) is 10.1. The normalized spacial score (nSPS) is 14.6.